The summed E-state index contributed by atoms with van der Waals surface area (Å²) in [6.45, 7) is 4.40. The molecule has 2 aromatic rings. The zero-order valence-corrected chi connectivity index (χ0v) is 14.7. The molecule has 0 atom stereocenters. The van der Waals surface area contributed by atoms with Crippen LogP contribution in [0.25, 0.3) is 0 Å². The van der Waals surface area contributed by atoms with Crippen molar-refractivity contribution in [2.45, 2.75) is 39.3 Å². The zero-order valence-electron chi connectivity index (χ0n) is 14.7. The lowest BCUT2D eigenvalue weighted by Crippen LogP contribution is -2.32. The molecule has 1 aliphatic rings. The van der Waals surface area contributed by atoms with Gasteiger partial charge in [-0.25, -0.2) is 4.98 Å². The van der Waals surface area contributed by atoms with Gasteiger partial charge >= 0.3 is 0 Å². The van der Waals surface area contributed by atoms with Gasteiger partial charge in [-0.15, -0.1) is 0 Å². The van der Waals surface area contributed by atoms with E-state index < -0.39 is 0 Å². The van der Waals surface area contributed by atoms with Gasteiger partial charge in [0, 0.05) is 37.8 Å². The maximum Gasteiger partial charge on any atom is 0.224 e. The fourth-order valence-corrected chi connectivity index (χ4v) is 3.15. The Morgan fingerprint density at radius 2 is 2.04 bits per heavy atom. The van der Waals surface area contributed by atoms with Crippen molar-refractivity contribution in [3.8, 4) is 0 Å². The number of nitrogens with zero attached hydrogens (tertiary/aromatic N) is 2. The number of hydrogen-bond donors (Lipinski definition) is 1. The average Bonchev–Trinajstić information content (AvgIpc) is 2.66. The van der Waals surface area contributed by atoms with E-state index in [1.54, 1.807) is 0 Å². The van der Waals surface area contributed by atoms with Crippen molar-refractivity contribution in [2.24, 2.45) is 0 Å². The second kappa shape index (κ2) is 8.47. The molecule has 0 unspecified atom stereocenters. The topological polar surface area (TPSA) is 45.2 Å². The zero-order chi connectivity index (χ0) is 17.5. The van der Waals surface area contributed by atoms with Crippen molar-refractivity contribution in [1.29, 1.82) is 0 Å². The Morgan fingerprint density at radius 1 is 1.20 bits per heavy atom. The van der Waals surface area contributed by atoms with Crippen molar-refractivity contribution < 1.29 is 4.79 Å². The number of aromatic nitrogens is 1. The van der Waals surface area contributed by atoms with Gasteiger partial charge in [-0.3, -0.25) is 4.79 Å². The molecule has 1 aromatic carbocycles. The van der Waals surface area contributed by atoms with E-state index in [4.69, 9.17) is 0 Å². The van der Waals surface area contributed by atoms with Gasteiger partial charge in [0.1, 0.15) is 5.82 Å². The van der Waals surface area contributed by atoms with Crippen LogP contribution in [-0.2, 0) is 24.3 Å². The Kier molecular flexibility index (Phi) is 5.83. The van der Waals surface area contributed by atoms with Crippen LogP contribution in [0.2, 0.25) is 0 Å². The van der Waals surface area contributed by atoms with Crippen molar-refractivity contribution in [3.05, 3.63) is 71.4 Å². The molecular weight excluding hydrogens is 310 g/mol. The molecule has 1 amide bonds. The summed E-state index contributed by atoms with van der Waals surface area (Å²) in [6, 6.07) is 12.6. The average molecular weight is 335 g/mol. The van der Waals surface area contributed by atoms with E-state index in [0.29, 0.717) is 13.0 Å². The first-order chi connectivity index (χ1) is 12.3. The van der Waals surface area contributed by atoms with Crippen LogP contribution in [0.3, 0.4) is 0 Å². The number of carbonyl (C=O) groups excluding carboxylic acids is 1. The van der Waals surface area contributed by atoms with E-state index in [0.717, 1.165) is 37.3 Å². The number of rotatable bonds is 6. The van der Waals surface area contributed by atoms with Crippen LogP contribution in [0.5, 0.6) is 0 Å². The highest BCUT2D eigenvalue weighted by molar-refractivity contribution is 5.77. The molecule has 0 fully saturated rings. The smallest absolute Gasteiger partial charge is 0.224 e. The molecule has 1 aliphatic heterocycles. The number of nitrogens with one attached hydrogen (secondary N) is 1. The maximum absolute atomic E-state index is 11.9. The molecule has 130 valence electrons. The largest absolute Gasteiger partial charge is 0.352 e. The minimum absolute atomic E-state index is 0.0449. The van der Waals surface area contributed by atoms with Gasteiger partial charge in [-0.2, -0.15) is 0 Å². The van der Waals surface area contributed by atoms with Crippen LogP contribution in [-0.4, -0.2) is 17.4 Å². The number of anilines is 1. The molecule has 4 nitrogen and oxygen atoms in total. The Hall–Kier alpha value is -2.62. The SMILES string of the molecule is CCC=CCC(=O)NCc1cccnc1N1CCc2ccccc2C1. The molecule has 0 radical (unpaired) electrons. The molecule has 2 heterocycles. The second-order valence-corrected chi connectivity index (χ2v) is 6.29. The summed E-state index contributed by atoms with van der Waals surface area (Å²) in [5.74, 6) is 1.02. The monoisotopic (exact) mass is 335 g/mol. The normalized spacial score (nSPS) is 13.7. The van der Waals surface area contributed by atoms with Crippen molar-refractivity contribution in [1.82, 2.24) is 10.3 Å². The van der Waals surface area contributed by atoms with Crippen molar-refractivity contribution >= 4 is 11.7 Å². The van der Waals surface area contributed by atoms with Gasteiger partial charge in [0.25, 0.3) is 0 Å². The summed E-state index contributed by atoms with van der Waals surface area (Å²) in [4.78, 5) is 18.8. The van der Waals surface area contributed by atoms with Gasteiger partial charge in [0.15, 0.2) is 0 Å². The van der Waals surface area contributed by atoms with Crippen LogP contribution < -0.4 is 10.2 Å². The minimum Gasteiger partial charge on any atom is -0.352 e. The third-order valence-corrected chi connectivity index (χ3v) is 4.48. The van der Waals surface area contributed by atoms with Gasteiger partial charge in [0.2, 0.25) is 5.91 Å². The highest BCUT2D eigenvalue weighted by Crippen LogP contribution is 2.25. The van der Waals surface area contributed by atoms with E-state index in [1.165, 1.54) is 11.1 Å². The summed E-state index contributed by atoms with van der Waals surface area (Å²) < 4.78 is 0. The molecule has 0 saturated carbocycles. The lowest BCUT2D eigenvalue weighted by molar-refractivity contribution is -0.120. The number of allylic oxidation sites excluding steroid dienone is 1. The predicted octanol–water partition coefficient (Wildman–Crippen LogP) is 3.62. The third kappa shape index (κ3) is 4.47. The summed E-state index contributed by atoms with van der Waals surface area (Å²) in [7, 11) is 0. The molecule has 3 rings (SSSR count). The summed E-state index contributed by atoms with van der Waals surface area (Å²) in [5.41, 5.74) is 3.85. The van der Waals surface area contributed by atoms with Crippen LogP contribution >= 0.6 is 0 Å². The van der Waals surface area contributed by atoms with Crippen LogP contribution in [0.4, 0.5) is 5.82 Å². The number of hydrogen-bond acceptors (Lipinski definition) is 3. The fraction of sp³-hybridized carbons (Fsp3) is 0.333. The van der Waals surface area contributed by atoms with Crippen LogP contribution in [0.1, 0.15) is 36.5 Å². The van der Waals surface area contributed by atoms with Crippen molar-refractivity contribution in [3.63, 3.8) is 0 Å². The van der Waals surface area contributed by atoms with E-state index >= 15 is 0 Å². The maximum atomic E-state index is 11.9. The number of amides is 1. The lowest BCUT2D eigenvalue weighted by atomic mass is 9.99. The molecule has 1 N–H and O–H groups in total. The van der Waals surface area contributed by atoms with E-state index in [9.17, 15) is 4.79 Å². The quantitative estimate of drug-likeness (QED) is 0.820. The Labute approximate surface area is 149 Å². The first-order valence-electron chi connectivity index (χ1n) is 8.95. The minimum atomic E-state index is 0.0449. The first kappa shape index (κ1) is 17.2. The second-order valence-electron chi connectivity index (χ2n) is 6.29. The summed E-state index contributed by atoms with van der Waals surface area (Å²) in [6.07, 6.45) is 8.17. The molecule has 0 bridgehead atoms. The number of carbonyl (C=O) groups is 1. The van der Waals surface area contributed by atoms with E-state index in [-0.39, 0.29) is 5.91 Å². The molecule has 0 spiro atoms. The Morgan fingerprint density at radius 3 is 2.88 bits per heavy atom. The van der Waals surface area contributed by atoms with Gasteiger partial charge in [-0.05, 0) is 30.0 Å². The highest BCUT2D eigenvalue weighted by Gasteiger charge is 2.19. The molecule has 4 heteroatoms. The van der Waals surface area contributed by atoms with Gasteiger partial charge in [-0.1, -0.05) is 49.4 Å². The van der Waals surface area contributed by atoms with Crippen molar-refractivity contribution in [2.75, 3.05) is 11.4 Å². The lowest BCUT2D eigenvalue weighted by Gasteiger charge is -2.31. The standard InChI is InChI=1S/C21H25N3O/c1-2-3-4-11-20(25)23-15-18-10-7-13-22-21(18)24-14-12-17-8-5-6-9-19(17)16-24/h3-10,13H,2,11-12,14-16H2,1H3,(H,23,25). The summed E-state index contributed by atoms with van der Waals surface area (Å²) >= 11 is 0. The number of fused-ring (bicyclic) bond motifs is 1. The number of pyridine rings is 1. The van der Waals surface area contributed by atoms with Gasteiger partial charge in [0.05, 0.1) is 0 Å². The van der Waals surface area contributed by atoms with E-state index in [1.807, 2.05) is 30.5 Å². The molecule has 1 aromatic heterocycles. The molecule has 25 heavy (non-hydrogen) atoms. The Balaban J connectivity index is 1.67. The van der Waals surface area contributed by atoms with Crippen LogP contribution in [0, 0.1) is 0 Å². The highest BCUT2D eigenvalue weighted by atomic mass is 16.1. The molecule has 0 aliphatic carbocycles. The molecular formula is C21H25N3O. The molecule has 0 saturated heterocycles. The third-order valence-electron chi connectivity index (χ3n) is 4.48. The Bertz CT molecular complexity index is 754. The van der Waals surface area contributed by atoms with Gasteiger partial charge < -0.3 is 10.2 Å². The summed E-state index contributed by atoms with van der Waals surface area (Å²) in [5, 5.41) is 3.00. The first-order valence-corrected chi connectivity index (χ1v) is 8.95. The van der Waals surface area contributed by atoms with Crippen LogP contribution in [0.15, 0.2) is 54.7 Å². The van der Waals surface area contributed by atoms with E-state index in [2.05, 4.69) is 46.4 Å². The fourth-order valence-electron chi connectivity index (χ4n) is 3.15. The predicted molar refractivity (Wildman–Crippen MR) is 101 cm³/mol. The number of benzene rings is 1.